The van der Waals surface area contributed by atoms with Crippen LogP contribution in [0.15, 0.2) is 97.7 Å². The number of rotatable bonds is 6. The van der Waals surface area contributed by atoms with E-state index < -0.39 is 0 Å². The highest BCUT2D eigenvalue weighted by molar-refractivity contribution is 5.84. The molecule has 0 spiro atoms. The van der Waals surface area contributed by atoms with Gasteiger partial charge in [0, 0.05) is 50.2 Å². The number of pyridine rings is 2. The third-order valence-electron chi connectivity index (χ3n) is 7.39. The quantitative estimate of drug-likeness (QED) is 0.331. The molecular weight excluding hydrogens is 512 g/mol. The van der Waals surface area contributed by atoms with Crippen LogP contribution in [0.1, 0.15) is 5.56 Å². The summed E-state index contributed by atoms with van der Waals surface area (Å²) in [6.45, 7) is 4.52. The van der Waals surface area contributed by atoms with E-state index in [1.165, 1.54) is 5.56 Å². The van der Waals surface area contributed by atoms with Gasteiger partial charge < -0.3 is 10.6 Å². The largest absolute Gasteiger partial charge is 0.383 e. The minimum atomic E-state index is 0.431. The van der Waals surface area contributed by atoms with Crippen LogP contribution in [0.5, 0.6) is 0 Å². The Morgan fingerprint density at radius 1 is 0.732 bits per heavy atom. The lowest BCUT2D eigenvalue weighted by molar-refractivity contribution is 0.248. The van der Waals surface area contributed by atoms with Gasteiger partial charge in [-0.15, -0.1) is 0 Å². The second kappa shape index (κ2) is 10.7. The maximum absolute atomic E-state index is 6.31. The summed E-state index contributed by atoms with van der Waals surface area (Å²) in [5, 5.41) is 0. The van der Waals surface area contributed by atoms with E-state index in [0.717, 1.165) is 72.3 Å². The van der Waals surface area contributed by atoms with Crippen LogP contribution in [0.4, 0.5) is 11.8 Å². The number of nitrogens with zero attached hydrogens (tertiary/aromatic N) is 9. The molecule has 1 aliphatic rings. The molecule has 41 heavy (non-hydrogen) atoms. The fourth-order valence-electron chi connectivity index (χ4n) is 5.27. The number of imidazole rings is 1. The molecule has 1 saturated heterocycles. The van der Waals surface area contributed by atoms with Crippen molar-refractivity contribution in [2.45, 2.75) is 6.54 Å². The van der Waals surface area contributed by atoms with E-state index in [4.69, 9.17) is 15.7 Å². The van der Waals surface area contributed by atoms with Gasteiger partial charge in [-0.2, -0.15) is 0 Å². The number of piperazine rings is 1. The summed E-state index contributed by atoms with van der Waals surface area (Å²) < 4.78 is 2.08. The van der Waals surface area contributed by atoms with Crippen molar-refractivity contribution in [3.05, 3.63) is 103 Å². The first-order valence-electron chi connectivity index (χ1n) is 13.6. The molecule has 202 valence electrons. The molecule has 1 fully saturated rings. The summed E-state index contributed by atoms with van der Waals surface area (Å²) in [7, 11) is 0. The lowest BCUT2D eigenvalue weighted by Crippen LogP contribution is -2.46. The van der Waals surface area contributed by atoms with E-state index in [1.54, 1.807) is 18.9 Å². The average Bonchev–Trinajstić information content (AvgIpc) is 3.41. The standard InChI is InChI=1S/C31H28N10/c32-28-25(7-4-14-34-28)29-38-27-13-12-26(23-5-2-1-3-6-23)37-30(27)41(29)24-10-8-22(9-11-24)19-39-15-17-40(18-16-39)31-35-20-33-21-36-31/h1-14,20-21H,15-19H2,(H2,32,34). The highest BCUT2D eigenvalue weighted by atomic mass is 15.3. The van der Waals surface area contributed by atoms with Crippen LogP contribution in [0.25, 0.3) is 39.5 Å². The van der Waals surface area contributed by atoms with Crippen molar-refractivity contribution in [3.8, 4) is 28.3 Å². The number of hydrogen-bond acceptors (Lipinski definition) is 9. The van der Waals surface area contributed by atoms with Crippen LogP contribution < -0.4 is 10.6 Å². The van der Waals surface area contributed by atoms with Gasteiger partial charge in [-0.3, -0.25) is 9.47 Å². The molecule has 4 aromatic heterocycles. The lowest BCUT2D eigenvalue weighted by atomic mass is 10.1. The van der Waals surface area contributed by atoms with Gasteiger partial charge in [-0.1, -0.05) is 42.5 Å². The van der Waals surface area contributed by atoms with Gasteiger partial charge in [-0.25, -0.2) is 29.9 Å². The average molecular weight is 541 g/mol. The van der Waals surface area contributed by atoms with Crippen molar-refractivity contribution < 1.29 is 0 Å². The van der Waals surface area contributed by atoms with Crippen molar-refractivity contribution in [2.24, 2.45) is 0 Å². The molecule has 5 heterocycles. The molecule has 0 amide bonds. The topological polar surface area (TPSA) is 115 Å². The zero-order valence-corrected chi connectivity index (χ0v) is 22.4. The molecular formula is C31H28N10. The van der Waals surface area contributed by atoms with Crippen LogP contribution in [0, 0.1) is 0 Å². The Labute approximate surface area is 237 Å². The molecule has 10 nitrogen and oxygen atoms in total. The number of benzene rings is 2. The lowest BCUT2D eigenvalue weighted by Gasteiger charge is -2.34. The van der Waals surface area contributed by atoms with Crippen molar-refractivity contribution >= 4 is 22.9 Å². The van der Waals surface area contributed by atoms with Crippen molar-refractivity contribution in [1.82, 2.24) is 39.4 Å². The monoisotopic (exact) mass is 540 g/mol. The van der Waals surface area contributed by atoms with E-state index in [9.17, 15) is 0 Å². The summed E-state index contributed by atoms with van der Waals surface area (Å²) in [5.74, 6) is 1.89. The Morgan fingerprint density at radius 2 is 1.51 bits per heavy atom. The highest BCUT2D eigenvalue weighted by Crippen LogP contribution is 2.32. The zero-order chi connectivity index (χ0) is 27.6. The van der Waals surface area contributed by atoms with Crippen LogP contribution in [-0.2, 0) is 6.54 Å². The normalized spacial score (nSPS) is 14.0. The Kier molecular flexibility index (Phi) is 6.50. The van der Waals surface area contributed by atoms with E-state index in [1.807, 2.05) is 42.5 Å². The van der Waals surface area contributed by atoms with Crippen molar-refractivity contribution in [3.63, 3.8) is 0 Å². The third kappa shape index (κ3) is 4.96. The SMILES string of the molecule is Nc1ncccc1-c1nc2ccc(-c3ccccc3)nc2n1-c1ccc(CN2CCN(c3ncncn3)CC2)cc1. The summed E-state index contributed by atoms with van der Waals surface area (Å²) >= 11 is 0. The second-order valence-electron chi connectivity index (χ2n) is 9.98. The summed E-state index contributed by atoms with van der Waals surface area (Å²) in [6, 6.07) is 26.6. The third-order valence-corrected chi connectivity index (χ3v) is 7.39. The smallest absolute Gasteiger partial charge is 0.228 e. The molecule has 0 atom stereocenters. The molecule has 1 aliphatic heterocycles. The molecule has 7 rings (SSSR count). The molecule has 0 bridgehead atoms. The first-order valence-corrected chi connectivity index (χ1v) is 13.6. The van der Waals surface area contributed by atoms with Crippen LogP contribution in [-0.4, -0.2) is 65.5 Å². The van der Waals surface area contributed by atoms with Gasteiger partial charge in [0.15, 0.2) is 11.5 Å². The van der Waals surface area contributed by atoms with Crippen LogP contribution in [0.2, 0.25) is 0 Å². The van der Waals surface area contributed by atoms with Gasteiger partial charge in [0.05, 0.1) is 11.3 Å². The van der Waals surface area contributed by atoms with E-state index in [0.29, 0.717) is 11.6 Å². The molecule has 6 aromatic rings. The maximum atomic E-state index is 6.31. The first-order chi connectivity index (χ1) is 20.2. The summed E-state index contributed by atoms with van der Waals surface area (Å²) in [4.78, 5) is 31.5. The van der Waals surface area contributed by atoms with Crippen molar-refractivity contribution in [1.29, 1.82) is 0 Å². The predicted octanol–water partition coefficient (Wildman–Crippen LogP) is 4.24. The molecule has 0 saturated carbocycles. The fourth-order valence-corrected chi connectivity index (χ4v) is 5.27. The molecule has 0 radical (unpaired) electrons. The number of fused-ring (bicyclic) bond motifs is 1. The Hall–Kier alpha value is -5.22. The van der Waals surface area contributed by atoms with Gasteiger partial charge in [0.2, 0.25) is 5.95 Å². The second-order valence-corrected chi connectivity index (χ2v) is 9.98. The Bertz CT molecular complexity index is 1780. The maximum Gasteiger partial charge on any atom is 0.228 e. The van der Waals surface area contributed by atoms with E-state index in [-0.39, 0.29) is 0 Å². The molecule has 0 unspecified atom stereocenters. The summed E-state index contributed by atoms with van der Waals surface area (Å²) in [6.07, 6.45) is 4.79. The minimum Gasteiger partial charge on any atom is -0.383 e. The Balaban J connectivity index is 1.19. The number of nitrogen functional groups attached to an aromatic ring is 1. The molecule has 0 aliphatic carbocycles. The highest BCUT2D eigenvalue weighted by Gasteiger charge is 2.21. The number of aromatic nitrogens is 7. The Morgan fingerprint density at radius 3 is 2.27 bits per heavy atom. The van der Waals surface area contributed by atoms with Gasteiger partial charge in [0.1, 0.15) is 24.0 Å². The number of hydrogen-bond donors (Lipinski definition) is 1. The van der Waals surface area contributed by atoms with E-state index >= 15 is 0 Å². The molecule has 2 aromatic carbocycles. The number of anilines is 2. The van der Waals surface area contributed by atoms with E-state index in [2.05, 4.69) is 70.7 Å². The predicted molar refractivity (Wildman–Crippen MR) is 159 cm³/mol. The van der Waals surface area contributed by atoms with Crippen molar-refractivity contribution in [2.75, 3.05) is 36.8 Å². The van der Waals surface area contributed by atoms with Gasteiger partial charge in [0.25, 0.3) is 0 Å². The minimum absolute atomic E-state index is 0.431. The van der Waals surface area contributed by atoms with Gasteiger partial charge in [-0.05, 0) is 42.0 Å². The van der Waals surface area contributed by atoms with Crippen LogP contribution in [0.3, 0.4) is 0 Å². The summed E-state index contributed by atoms with van der Waals surface area (Å²) in [5.41, 5.74) is 12.8. The fraction of sp³-hybridized carbons (Fsp3) is 0.161. The number of nitrogens with two attached hydrogens (primary N) is 1. The van der Waals surface area contributed by atoms with Gasteiger partial charge >= 0.3 is 0 Å². The zero-order valence-electron chi connectivity index (χ0n) is 22.4. The molecule has 10 heteroatoms. The van der Waals surface area contributed by atoms with Crippen LogP contribution >= 0.6 is 0 Å². The first kappa shape index (κ1) is 24.8. The molecule has 2 N–H and O–H groups in total.